The van der Waals surface area contributed by atoms with Gasteiger partial charge in [-0.25, -0.2) is 0 Å². The number of fused-ring (bicyclic) bond motifs is 1. The molecule has 0 amide bonds. The summed E-state index contributed by atoms with van der Waals surface area (Å²) in [7, 11) is 0. The minimum Gasteiger partial charge on any atom is -0.461 e. The molecule has 0 aromatic carbocycles. The van der Waals surface area contributed by atoms with Crippen molar-refractivity contribution in [1.29, 1.82) is 0 Å². The average Bonchev–Trinajstić information content (AvgIpc) is 3.35. The smallest absolute Gasteiger partial charge is 0.259 e. The second-order valence-electron chi connectivity index (χ2n) is 6.94. The predicted molar refractivity (Wildman–Crippen MR) is 107 cm³/mol. The van der Waals surface area contributed by atoms with Crippen LogP contribution in [0.2, 0.25) is 0 Å². The van der Waals surface area contributed by atoms with E-state index in [9.17, 15) is 0 Å². The maximum atomic E-state index is 6.13. The SMILES string of the molecule is Nc1nc(N2CCCN(Cc3ccccn3)CC2)nc2nc(-c3ccco3)nn12. The summed E-state index contributed by atoms with van der Waals surface area (Å²) in [6.07, 6.45) is 4.42. The Labute approximate surface area is 167 Å². The van der Waals surface area contributed by atoms with Gasteiger partial charge in [0.1, 0.15) is 0 Å². The quantitative estimate of drug-likeness (QED) is 0.552. The van der Waals surface area contributed by atoms with Crippen molar-refractivity contribution in [2.45, 2.75) is 13.0 Å². The molecule has 29 heavy (non-hydrogen) atoms. The molecule has 0 spiro atoms. The number of anilines is 2. The van der Waals surface area contributed by atoms with E-state index in [2.05, 4.69) is 40.9 Å². The van der Waals surface area contributed by atoms with Crippen LogP contribution in [0.15, 0.2) is 47.2 Å². The van der Waals surface area contributed by atoms with Crippen LogP contribution in [-0.2, 0) is 6.54 Å². The van der Waals surface area contributed by atoms with Crippen molar-refractivity contribution in [1.82, 2.24) is 34.4 Å². The number of pyridine rings is 1. The van der Waals surface area contributed by atoms with Crippen LogP contribution in [0, 0.1) is 0 Å². The summed E-state index contributed by atoms with van der Waals surface area (Å²) >= 11 is 0. The minimum absolute atomic E-state index is 0.255. The van der Waals surface area contributed by atoms with Gasteiger partial charge in [0.05, 0.1) is 12.0 Å². The molecule has 1 fully saturated rings. The highest BCUT2D eigenvalue weighted by Gasteiger charge is 2.20. The third-order valence-corrected chi connectivity index (χ3v) is 4.95. The van der Waals surface area contributed by atoms with Crippen LogP contribution in [0.3, 0.4) is 0 Å². The van der Waals surface area contributed by atoms with Crippen molar-refractivity contribution >= 4 is 17.7 Å². The molecule has 5 heterocycles. The highest BCUT2D eigenvalue weighted by molar-refractivity contribution is 5.53. The first-order valence-corrected chi connectivity index (χ1v) is 9.58. The van der Waals surface area contributed by atoms with Gasteiger partial charge < -0.3 is 15.1 Å². The van der Waals surface area contributed by atoms with Gasteiger partial charge in [-0.3, -0.25) is 9.88 Å². The van der Waals surface area contributed by atoms with Crippen molar-refractivity contribution in [3.63, 3.8) is 0 Å². The summed E-state index contributed by atoms with van der Waals surface area (Å²) in [6, 6.07) is 9.60. The Morgan fingerprint density at radius 2 is 1.97 bits per heavy atom. The monoisotopic (exact) mass is 391 g/mol. The minimum atomic E-state index is 0.255. The van der Waals surface area contributed by atoms with Gasteiger partial charge in [-0.2, -0.15) is 19.5 Å². The topological polar surface area (TPSA) is 114 Å². The largest absolute Gasteiger partial charge is 0.461 e. The fraction of sp³-hybridized carbons (Fsp3) is 0.316. The zero-order valence-corrected chi connectivity index (χ0v) is 15.8. The van der Waals surface area contributed by atoms with Crippen LogP contribution >= 0.6 is 0 Å². The van der Waals surface area contributed by atoms with Gasteiger partial charge in [0.15, 0.2) is 5.76 Å². The lowest BCUT2D eigenvalue weighted by atomic mass is 10.3. The van der Waals surface area contributed by atoms with E-state index in [4.69, 9.17) is 10.2 Å². The number of hydrogen-bond acceptors (Lipinski definition) is 9. The first-order valence-electron chi connectivity index (χ1n) is 9.58. The van der Waals surface area contributed by atoms with Gasteiger partial charge in [0, 0.05) is 38.9 Å². The van der Waals surface area contributed by atoms with E-state index in [1.165, 1.54) is 4.52 Å². The molecule has 0 bridgehead atoms. The molecule has 4 aromatic rings. The fourth-order valence-corrected chi connectivity index (χ4v) is 3.50. The Bertz CT molecular complexity index is 1090. The van der Waals surface area contributed by atoms with Crippen LogP contribution in [0.4, 0.5) is 11.9 Å². The lowest BCUT2D eigenvalue weighted by Gasteiger charge is -2.21. The molecule has 1 saturated heterocycles. The lowest BCUT2D eigenvalue weighted by molar-refractivity contribution is 0.282. The number of aromatic nitrogens is 6. The Morgan fingerprint density at radius 1 is 1.00 bits per heavy atom. The molecule has 0 unspecified atom stereocenters. The van der Waals surface area contributed by atoms with Crippen LogP contribution < -0.4 is 10.6 Å². The highest BCUT2D eigenvalue weighted by atomic mass is 16.3. The zero-order chi connectivity index (χ0) is 19.6. The fourth-order valence-electron chi connectivity index (χ4n) is 3.50. The first kappa shape index (κ1) is 17.6. The molecule has 1 aliphatic rings. The van der Waals surface area contributed by atoms with Crippen molar-refractivity contribution in [2.24, 2.45) is 0 Å². The maximum absolute atomic E-state index is 6.13. The number of nitrogens with two attached hydrogens (primary N) is 1. The lowest BCUT2D eigenvalue weighted by Crippen LogP contribution is -2.32. The third kappa shape index (κ3) is 3.61. The average molecular weight is 391 g/mol. The Balaban J connectivity index is 1.35. The summed E-state index contributed by atoms with van der Waals surface area (Å²) in [6.45, 7) is 4.40. The van der Waals surface area contributed by atoms with Gasteiger partial charge >= 0.3 is 0 Å². The summed E-state index contributed by atoms with van der Waals surface area (Å²) in [5, 5.41) is 4.35. The number of nitrogens with zero attached hydrogens (tertiary/aromatic N) is 8. The highest BCUT2D eigenvalue weighted by Crippen LogP contribution is 2.19. The number of hydrogen-bond donors (Lipinski definition) is 1. The Hall–Kier alpha value is -3.53. The van der Waals surface area contributed by atoms with Crippen molar-refractivity contribution < 1.29 is 4.42 Å². The predicted octanol–water partition coefficient (Wildman–Crippen LogP) is 1.47. The molecule has 5 rings (SSSR count). The van der Waals surface area contributed by atoms with E-state index in [-0.39, 0.29) is 5.95 Å². The zero-order valence-electron chi connectivity index (χ0n) is 15.8. The molecule has 0 aliphatic carbocycles. The standard InChI is InChI=1S/C19H21N9O/c20-17-23-18(24-19-22-16(25-28(17)19)15-6-3-12-29-15)27-9-4-8-26(10-11-27)13-14-5-1-2-7-21-14/h1-3,5-7,12H,4,8-11,13H2,(H2,20,22,23,24,25). The van der Waals surface area contributed by atoms with Crippen molar-refractivity contribution in [3.8, 4) is 11.6 Å². The number of rotatable bonds is 4. The molecular formula is C19H21N9O. The molecule has 0 radical (unpaired) electrons. The normalized spacial score (nSPS) is 15.7. The second kappa shape index (κ2) is 7.47. The second-order valence-corrected chi connectivity index (χ2v) is 6.94. The third-order valence-electron chi connectivity index (χ3n) is 4.95. The van der Waals surface area contributed by atoms with E-state index >= 15 is 0 Å². The molecule has 10 heteroatoms. The Morgan fingerprint density at radius 3 is 2.79 bits per heavy atom. The maximum Gasteiger partial charge on any atom is 0.259 e. The molecule has 0 atom stereocenters. The molecule has 2 N–H and O–H groups in total. The van der Waals surface area contributed by atoms with E-state index in [1.807, 2.05) is 18.3 Å². The molecule has 10 nitrogen and oxygen atoms in total. The van der Waals surface area contributed by atoms with Crippen LogP contribution in [0.5, 0.6) is 0 Å². The van der Waals surface area contributed by atoms with Crippen LogP contribution in [-0.4, -0.2) is 60.6 Å². The summed E-state index contributed by atoms with van der Waals surface area (Å²) < 4.78 is 6.80. The number of furan rings is 1. The van der Waals surface area contributed by atoms with E-state index in [1.54, 1.807) is 18.4 Å². The first-order chi connectivity index (χ1) is 14.3. The molecular weight excluding hydrogens is 370 g/mol. The van der Waals surface area contributed by atoms with Gasteiger partial charge in [0.25, 0.3) is 5.78 Å². The van der Waals surface area contributed by atoms with Crippen molar-refractivity contribution in [2.75, 3.05) is 36.8 Å². The Kier molecular flexibility index (Phi) is 4.53. The van der Waals surface area contributed by atoms with Crippen LogP contribution in [0.25, 0.3) is 17.4 Å². The van der Waals surface area contributed by atoms with Gasteiger partial charge in [0.2, 0.25) is 17.7 Å². The summed E-state index contributed by atoms with van der Waals surface area (Å²) in [5.41, 5.74) is 7.21. The van der Waals surface area contributed by atoms with Gasteiger partial charge in [-0.15, -0.1) is 5.10 Å². The van der Waals surface area contributed by atoms with Crippen molar-refractivity contribution in [3.05, 3.63) is 48.5 Å². The summed E-state index contributed by atoms with van der Waals surface area (Å²) in [4.78, 5) is 22.5. The molecule has 148 valence electrons. The van der Waals surface area contributed by atoms with Gasteiger partial charge in [-0.05, 0) is 30.7 Å². The molecule has 4 aromatic heterocycles. The summed E-state index contributed by atoms with van der Waals surface area (Å²) in [5.74, 6) is 2.24. The van der Waals surface area contributed by atoms with Crippen LogP contribution in [0.1, 0.15) is 12.1 Å². The number of nitrogen functional groups attached to an aromatic ring is 1. The molecule has 0 saturated carbocycles. The van der Waals surface area contributed by atoms with E-state index < -0.39 is 0 Å². The van der Waals surface area contributed by atoms with Gasteiger partial charge in [-0.1, -0.05) is 6.07 Å². The van der Waals surface area contributed by atoms with E-state index in [0.717, 1.165) is 44.8 Å². The molecule has 1 aliphatic heterocycles. The van der Waals surface area contributed by atoms with E-state index in [0.29, 0.717) is 23.3 Å².